The Balaban J connectivity index is 1.60. The van der Waals surface area contributed by atoms with E-state index < -0.39 is 6.10 Å². The molecule has 0 radical (unpaired) electrons. The van der Waals surface area contributed by atoms with E-state index in [4.69, 9.17) is 0 Å². The average molecular weight is 382 g/mol. The van der Waals surface area contributed by atoms with E-state index in [0.29, 0.717) is 18.1 Å². The Labute approximate surface area is 140 Å². The number of hydrogen-bond acceptors (Lipinski definition) is 5. The van der Waals surface area contributed by atoms with Gasteiger partial charge in [0.1, 0.15) is 0 Å². The van der Waals surface area contributed by atoms with E-state index in [9.17, 15) is 9.90 Å². The molecule has 2 heterocycles. The quantitative estimate of drug-likeness (QED) is 0.758. The van der Waals surface area contributed by atoms with Gasteiger partial charge in [0, 0.05) is 28.5 Å². The van der Waals surface area contributed by atoms with Gasteiger partial charge in [-0.25, -0.2) is 4.98 Å². The second-order valence-electron chi connectivity index (χ2n) is 5.28. The van der Waals surface area contributed by atoms with Crippen LogP contribution >= 0.6 is 27.3 Å². The first-order chi connectivity index (χ1) is 10.6. The van der Waals surface area contributed by atoms with E-state index in [1.54, 1.807) is 6.20 Å². The van der Waals surface area contributed by atoms with Crippen LogP contribution in [0.15, 0.2) is 34.9 Å². The number of carbonyl (C=O) groups excluding carboxylic acids is 1. The van der Waals surface area contributed by atoms with Gasteiger partial charge >= 0.3 is 0 Å². The molecule has 3 N–H and O–H groups in total. The van der Waals surface area contributed by atoms with Crippen molar-refractivity contribution in [1.29, 1.82) is 0 Å². The summed E-state index contributed by atoms with van der Waals surface area (Å²) in [4.78, 5) is 17.4. The zero-order valence-electron chi connectivity index (χ0n) is 11.8. The summed E-state index contributed by atoms with van der Waals surface area (Å²) in [5, 5.41) is 15.8. The molecule has 116 valence electrons. The molecule has 2 aromatic rings. The number of anilines is 1. The summed E-state index contributed by atoms with van der Waals surface area (Å²) in [5.41, 5.74) is 1.19. The van der Waals surface area contributed by atoms with Crippen molar-refractivity contribution in [2.24, 2.45) is 0 Å². The van der Waals surface area contributed by atoms with E-state index in [2.05, 4.69) is 43.7 Å². The number of amides is 1. The van der Waals surface area contributed by atoms with E-state index in [1.165, 1.54) is 16.9 Å². The topological polar surface area (TPSA) is 74.2 Å². The fraction of sp³-hybridized carbons (Fsp3) is 0.333. The molecule has 1 amide bonds. The number of aliphatic hydroxyl groups is 1. The Morgan fingerprint density at radius 1 is 1.55 bits per heavy atom. The molecule has 1 aromatic heterocycles. The summed E-state index contributed by atoms with van der Waals surface area (Å²) in [6.45, 7) is 0.462. The molecule has 1 aliphatic heterocycles. The number of carbonyl (C=O) groups is 1. The van der Waals surface area contributed by atoms with Crippen LogP contribution in [-0.4, -0.2) is 34.7 Å². The average Bonchev–Trinajstić information content (AvgIpc) is 3.08. The van der Waals surface area contributed by atoms with Gasteiger partial charge in [-0.15, -0.1) is 11.3 Å². The maximum atomic E-state index is 12.0. The van der Waals surface area contributed by atoms with Gasteiger partial charge in [0.25, 0.3) is 0 Å². The van der Waals surface area contributed by atoms with Gasteiger partial charge in [0.2, 0.25) is 5.91 Å². The van der Waals surface area contributed by atoms with Crippen molar-refractivity contribution < 1.29 is 9.90 Å². The highest BCUT2D eigenvalue weighted by molar-refractivity contribution is 9.10. The number of benzene rings is 1. The Hall–Kier alpha value is -1.28. The Morgan fingerprint density at radius 3 is 3.14 bits per heavy atom. The number of β-amino-alcohol motifs (C(OH)–C–C–N with tert-alkyl or cyclic N) is 1. The third-order valence-corrected chi connectivity index (χ3v) is 4.88. The maximum absolute atomic E-state index is 12.0. The first kappa shape index (κ1) is 15.6. The first-order valence-electron chi connectivity index (χ1n) is 7.01. The minimum atomic E-state index is -0.445. The van der Waals surface area contributed by atoms with Crippen LogP contribution in [0.5, 0.6) is 0 Å². The summed E-state index contributed by atoms with van der Waals surface area (Å²) in [7, 11) is 0. The van der Waals surface area contributed by atoms with Gasteiger partial charge < -0.3 is 15.7 Å². The zero-order chi connectivity index (χ0) is 15.5. The smallest absolute Gasteiger partial charge is 0.243 e. The van der Waals surface area contributed by atoms with Gasteiger partial charge in [-0.3, -0.25) is 4.79 Å². The molecule has 2 atom stereocenters. The van der Waals surface area contributed by atoms with Crippen molar-refractivity contribution in [3.8, 4) is 0 Å². The molecule has 22 heavy (non-hydrogen) atoms. The fourth-order valence-electron chi connectivity index (χ4n) is 2.40. The number of nitrogens with one attached hydrogen (secondary N) is 2. The lowest BCUT2D eigenvalue weighted by atomic mass is 10.1. The van der Waals surface area contributed by atoms with Crippen LogP contribution < -0.4 is 10.6 Å². The minimum absolute atomic E-state index is 0.139. The maximum Gasteiger partial charge on any atom is 0.243 e. The summed E-state index contributed by atoms with van der Waals surface area (Å²) in [6.07, 6.45) is 2.58. The van der Waals surface area contributed by atoms with E-state index in [-0.39, 0.29) is 11.9 Å². The molecule has 5 nitrogen and oxygen atoms in total. The van der Waals surface area contributed by atoms with Crippen LogP contribution in [0, 0.1) is 0 Å². The van der Waals surface area contributed by atoms with Crippen LogP contribution in [0.3, 0.4) is 0 Å². The van der Waals surface area contributed by atoms with Gasteiger partial charge in [-0.2, -0.15) is 0 Å². The molecule has 1 saturated heterocycles. The second-order valence-corrected chi connectivity index (χ2v) is 7.31. The van der Waals surface area contributed by atoms with Gasteiger partial charge in [-0.1, -0.05) is 28.1 Å². The van der Waals surface area contributed by atoms with Crippen molar-refractivity contribution in [3.05, 3.63) is 45.4 Å². The molecular weight excluding hydrogens is 366 g/mol. The highest BCUT2D eigenvalue weighted by Crippen LogP contribution is 2.23. The Morgan fingerprint density at radius 2 is 2.41 bits per heavy atom. The Kier molecular flexibility index (Phi) is 4.87. The van der Waals surface area contributed by atoms with Crippen molar-refractivity contribution >= 4 is 38.3 Å². The lowest BCUT2D eigenvalue weighted by molar-refractivity contribution is -0.117. The summed E-state index contributed by atoms with van der Waals surface area (Å²) in [5.74, 6) is -0.139. The van der Waals surface area contributed by atoms with Crippen molar-refractivity contribution in [2.45, 2.75) is 25.0 Å². The SMILES string of the molecule is O=C(Nc1ncc(Cc2cccc(Br)c2)s1)[C@H]1C[C@H](O)CN1. The molecule has 0 saturated carbocycles. The van der Waals surface area contributed by atoms with Gasteiger partial charge in [-0.05, 0) is 24.1 Å². The number of halogens is 1. The molecule has 0 unspecified atom stereocenters. The fourth-order valence-corrected chi connectivity index (χ4v) is 3.70. The second kappa shape index (κ2) is 6.87. The molecule has 0 spiro atoms. The third-order valence-electron chi connectivity index (χ3n) is 3.48. The van der Waals surface area contributed by atoms with E-state index in [1.807, 2.05) is 12.1 Å². The summed E-state index contributed by atoms with van der Waals surface area (Å²) in [6, 6.07) is 7.78. The standard InChI is InChI=1S/C15H16BrN3O2S/c16-10-3-1-2-9(4-10)5-12-8-18-15(22-12)19-14(21)13-6-11(20)7-17-13/h1-4,8,11,13,17,20H,5-7H2,(H,18,19,21)/t11-,13+/m0/s1. The van der Waals surface area contributed by atoms with Crippen LogP contribution in [0.2, 0.25) is 0 Å². The molecular formula is C15H16BrN3O2S. The van der Waals surface area contributed by atoms with Crippen molar-refractivity contribution in [3.63, 3.8) is 0 Å². The normalized spacial score (nSPS) is 21.0. The van der Waals surface area contributed by atoms with Crippen LogP contribution in [0.25, 0.3) is 0 Å². The van der Waals surface area contributed by atoms with Gasteiger partial charge in [0.15, 0.2) is 5.13 Å². The van der Waals surface area contributed by atoms with Crippen LogP contribution in [0.1, 0.15) is 16.9 Å². The number of aromatic nitrogens is 1. The Bertz CT molecular complexity index is 676. The predicted molar refractivity (Wildman–Crippen MR) is 90.1 cm³/mol. The van der Waals surface area contributed by atoms with E-state index >= 15 is 0 Å². The van der Waals surface area contributed by atoms with Crippen LogP contribution in [0.4, 0.5) is 5.13 Å². The highest BCUT2D eigenvalue weighted by Gasteiger charge is 2.28. The number of nitrogens with zero attached hydrogens (tertiary/aromatic N) is 1. The minimum Gasteiger partial charge on any atom is -0.392 e. The monoisotopic (exact) mass is 381 g/mol. The zero-order valence-corrected chi connectivity index (χ0v) is 14.2. The van der Waals surface area contributed by atoms with Gasteiger partial charge in [0.05, 0.1) is 12.1 Å². The molecule has 3 rings (SSSR count). The van der Waals surface area contributed by atoms with Crippen LogP contribution in [-0.2, 0) is 11.2 Å². The first-order valence-corrected chi connectivity index (χ1v) is 8.62. The number of thiazole rings is 1. The molecule has 1 fully saturated rings. The summed E-state index contributed by atoms with van der Waals surface area (Å²) < 4.78 is 1.05. The molecule has 0 bridgehead atoms. The number of aliphatic hydroxyl groups excluding tert-OH is 1. The number of hydrogen-bond donors (Lipinski definition) is 3. The lowest BCUT2D eigenvalue weighted by Gasteiger charge is -2.08. The summed E-state index contributed by atoms with van der Waals surface area (Å²) >= 11 is 4.93. The number of rotatable bonds is 4. The van der Waals surface area contributed by atoms with E-state index in [0.717, 1.165) is 15.8 Å². The largest absolute Gasteiger partial charge is 0.392 e. The predicted octanol–water partition coefficient (Wildman–Crippen LogP) is 2.16. The van der Waals surface area contributed by atoms with Crippen molar-refractivity contribution in [1.82, 2.24) is 10.3 Å². The third kappa shape index (κ3) is 3.92. The molecule has 7 heteroatoms. The molecule has 1 aliphatic rings. The highest BCUT2D eigenvalue weighted by atomic mass is 79.9. The lowest BCUT2D eigenvalue weighted by Crippen LogP contribution is -2.35. The molecule has 0 aliphatic carbocycles. The van der Waals surface area contributed by atoms with Crippen molar-refractivity contribution in [2.75, 3.05) is 11.9 Å². The molecule has 1 aromatic carbocycles.